The number of aromatic nitrogens is 2. The number of cyclic esters (lactones) is 1. The lowest BCUT2D eigenvalue weighted by Crippen LogP contribution is -2.34. The number of nitrogens with zero attached hydrogens (tertiary/aromatic N) is 3. The van der Waals surface area contributed by atoms with Crippen LogP contribution in [0.3, 0.4) is 0 Å². The van der Waals surface area contributed by atoms with Crippen LogP contribution in [0, 0.1) is 12.8 Å². The van der Waals surface area contributed by atoms with Crippen molar-refractivity contribution in [3.05, 3.63) is 72.7 Å². The van der Waals surface area contributed by atoms with Gasteiger partial charge in [0.2, 0.25) is 0 Å². The molecular weight excluding hydrogens is 525 g/mol. The molecule has 1 atom stereocenters. The van der Waals surface area contributed by atoms with E-state index in [9.17, 15) is 14.7 Å². The van der Waals surface area contributed by atoms with E-state index in [1.807, 2.05) is 19.1 Å². The van der Waals surface area contributed by atoms with E-state index >= 15 is 0 Å². The lowest BCUT2D eigenvalue weighted by atomic mass is 9.86. The number of aryl methyl sites for hydroxylation is 1. The van der Waals surface area contributed by atoms with Crippen LogP contribution in [0.2, 0.25) is 10.2 Å². The van der Waals surface area contributed by atoms with Crippen LogP contribution in [-0.4, -0.2) is 38.6 Å². The summed E-state index contributed by atoms with van der Waals surface area (Å²) in [6, 6.07) is 5.62. The number of carbonyl (C=O) groups is 1. The van der Waals surface area contributed by atoms with Crippen molar-refractivity contribution >= 4 is 40.1 Å². The molecule has 9 heteroatoms. The smallest absolute Gasteiger partial charge is 0.309 e. The molecule has 0 amide bonds. The van der Waals surface area contributed by atoms with Gasteiger partial charge in [0.05, 0.1) is 24.0 Å². The van der Waals surface area contributed by atoms with E-state index in [2.05, 4.69) is 16.8 Å². The summed E-state index contributed by atoms with van der Waals surface area (Å²) in [6.45, 7) is 8.75. The summed E-state index contributed by atoms with van der Waals surface area (Å²) < 4.78 is 6.84. The lowest BCUT2D eigenvalue weighted by molar-refractivity contribution is -0.149. The van der Waals surface area contributed by atoms with Gasteiger partial charge in [0, 0.05) is 28.7 Å². The first-order chi connectivity index (χ1) is 18.1. The minimum atomic E-state index is -1.43. The predicted octanol–water partition coefficient (Wildman–Crippen LogP) is 5.34. The van der Waals surface area contributed by atoms with Crippen LogP contribution >= 0.6 is 23.2 Å². The second-order valence-corrected chi connectivity index (χ2v) is 11.6. The van der Waals surface area contributed by atoms with Crippen molar-refractivity contribution in [2.45, 2.75) is 71.8 Å². The third-order valence-corrected chi connectivity index (χ3v) is 8.91. The maximum atomic E-state index is 13.7. The molecular formula is C29H33Cl2N3O4. The van der Waals surface area contributed by atoms with Crippen molar-refractivity contribution < 1.29 is 14.6 Å². The van der Waals surface area contributed by atoms with Crippen LogP contribution < -0.4 is 5.56 Å². The summed E-state index contributed by atoms with van der Waals surface area (Å²) in [4.78, 5) is 32.9. The average Bonchev–Trinajstić information content (AvgIpc) is 3.01. The Kier molecular flexibility index (Phi) is 7.57. The Morgan fingerprint density at radius 2 is 1.89 bits per heavy atom. The number of benzene rings is 1. The number of pyridine rings is 2. The van der Waals surface area contributed by atoms with Crippen LogP contribution in [-0.2, 0) is 34.8 Å². The van der Waals surface area contributed by atoms with Crippen LogP contribution in [0.5, 0.6) is 0 Å². The Morgan fingerprint density at radius 3 is 2.61 bits per heavy atom. The molecule has 4 heterocycles. The van der Waals surface area contributed by atoms with Crippen molar-refractivity contribution in [2.24, 2.45) is 5.92 Å². The van der Waals surface area contributed by atoms with Crippen LogP contribution in [0.15, 0.2) is 29.2 Å². The van der Waals surface area contributed by atoms with E-state index in [4.69, 9.17) is 27.9 Å². The van der Waals surface area contributed by atoms with Gasteiger partial charge in [-0.3, -0.25) is 14.5 Å². The fraction of sp³-hybridized carbons (Fsp3) is 0.483. The molecule has 1 unspecified atom stereocenters. The van der Waals surface area contributed by atoms with Gasteiger partial charge < -0.3 is 14.4 Å². The minimum absolute atomic E-state index is 0.170. The Bertz CT molecular complexity index is 1460. The highest BCUT2D eigenvalue weighted by molar-refractivity contribution is 6.32. The number of hydrogen-bond donors (Lipinski definition) is 1. The van der Waals surface area contributed by atoms with E-state index < -0.39 is 11.6 Å². The van der Waals surface area contributed by atoms with E-state index in [1.54, 1.807) is 23.8 Å². The number of aliphatic hydroxyl groups is 1. The lowest BCUT2D eigenvalue weighted by Gasteiger charge is -2.31. The van der Waals surface area contributed by atoms with Crippen molar-refractivity contribution in [1.82, 2.24) is 14.5 Å². The van der Waals surface area contributed by atoms with E-state index in [0.717, 1.165) is 53.5 Å². The molecule has 1 saturated heterocycles. The molecule has 1 N–H and O–H groups in total. The molecule has 0 aliphatic carbocycles. The molecule has 3 aromatic rings. The highest BCUT2D eigenvalue weighted by atomic mass is 35.5. The second kappa shape index (κ2) is 10.6. The van der Waals surface area contributed by atoms with Gasteiger partial charge in [0.1, 0.15) is 17.4 Å². The maximum Gasteiger partial charge on any atom is 0.309 e. The molecule has 2 aromatic heterocycles. The van der Waals surface area contributed by atoms with Gasteiger partial charge in [-0.1, -0.05) is 37.0 Å². The summed E-state index contributed by atoms with van der Waals surface area (Å²) >= 11 is 13.2. The molecule has 2 aliphatic heterocycles. The van der Waals surface area contributed by atoms with Crippen molar-refractivity contribution in [1.29, 1.82) is 0 Å². The van der Waals surface area contributed by atoms with Gasteiger partial charge in [0.25, 0.3) is 5.56 Å². The van der Waals surface area contributed by atoms with Crippen LogP contribution in [0.4, 0.5) is 0 Å². The fourth-order valence-electron chi connectivity index (χ4n) is 5.60. The maximum absolute atomic E-state index is 13.7. The van der Waals surface area contributed by atoms with Crippen molar-refractivity contribution in [3.63, 3.8) is 0 Å². The number of rotatable bonds is 5. The number of carbonyl (C=O) groups excluding carboxylic acids is 1. The number of piperidine rings is 1. The highest BCUT2D eigenvalue weighted by Gasteiger charge is 2.37. The first kappa shape index (κ1) is 27.1. The van der Waals surface area contributed by atoms with E-state index in [1.165, 1.54) is 0 Å². The third kappa shape index (κ3) is 5.09. The average molecular weight is 559 g/mol. The van der Waals surface area contributed by atoms with Crippen LogP contribution in [0.25, 0.3) is 10.9 Å². The van der Waals surface area contributed by atoms with E-state index in [-0.39, 0.29) is 25.1 Å². The van der Waals surface area contributed by atoms with Gasteiger partial charge in [0.15, 0.2) is 0 Å². The normalized spacial score (nSPS) is 20.8. The Balaban J connectivity index is 1.61. The molecule has 0 spiro atoms. The zero-order chi connectivity index (χ0) is 27.2. The number of hydrogen-bond acceptors (Lipinski definition) is 6. The van der Waals surface area contributed by atoms with Crippen molar-refractivity contribution in [2.75, 3.05) is 13.1 Å². The monoisotopic (exact) mass is 557 g/mol. The zero-order valence-electron chi connectivity index (χ0n) is 22.0. The standard InChI is InChI=1S/C29H33Cl2N3O4/c1-4-29(37)13-26(35)38-16-22-23(29)7-10-34(28(22)36)15-21-20(14-33-8-5-17(2)6-9-33)19-11-18(3)24(30)12-25(19)32-27(21)31/h7,10-12,17,37H,4-6,8-9,13-16H2,1-3H3. The minimum Gasteiger partial charge on any atom is -0.460 e. The molecule has 0 radical (unpaired) electrons. The van der Waals surface area contributed by atoms with Gasteiger partial charge in [-0.05, 0) is 80.1 Å². The molecule has 1 aromatic carbocycles. The van der Waals surface area contributed by atoms with Gasteiger partial charge in [-0.25, -0.2) is 4.98 Å². The van der Waals surface area contributed by atoms with Gasteiger partial charge in [-0.2, -0.15) is 0 Å². The molecule has 1 fully saturated rings. The molecule has 202 valence electrons. The number of ether oxygens (including phenoxy) is 1. The Morgan fingerprint density at radius 1 is 1.16 bits per heavy atom. The molecule has 5 rings (SSSR count). The molecule has 7 nitrogen and oxygen atoms in total. The predicted molar refractivity (Wildman–Crippen MR) is 149 cm³/mol. The largest absolute Gasteiger partial charge is 0.460 e. The Labute approximate surface area is 232 Å². The summed E-state index contributed by atoms with van der Waals surface area (Å²) in [5.74, 6) is 0.184. The first-order valence-electron chi connectivity index (χ1n) is 13.2. The van der Waals surface area contributed by atoms with Crippen molar-refractivity contribution in [3.8, 4) is 0 Å². The second-order valence-electron chi connectivity index (χ2n) is 10.8. The molecule has 2 aliphatic rings. The SMILES string of the molecule is CCC1(O)CC(=O)OCc2c1ccn(Cc1c(Cl)nc3cc(Cl)c(C)cc3c1CN1CCC(C)CC1)c2=O. The Hall–Kier alpha value is -2.45. The third-order valence-electron chi connectivity index (χ3n) is 8.19. The number of fused-ring (bicyclic) bond motifs is 2. The van der Waals surface area contributed by atoms with Gasteiger partial charge >= 0.3 is 5.97 Å². The highest BCUT2D eigenvalue weighted by Crippen LogP contribution is 2.35. The first-order valence-corrected chi connectivity index (χ1v) is 14.0. The summed E-state index contributed by atoms with van der Waals surface area (Å²) in [5, 5.41) is 13.1. The number of esters is 1. The molecule has 38 heavy (non-hydrogen) atoms. The zero-order valence-corrected chi connectivity index (χ0v) is 23.5. The summed E-state index contributed by atoms with van der Waals surface area (Å²) in [5.41, 5.74) is 2.48. The summed E-state index contributed by atoms with van der Waals surface area (Å²) in [7, 11) is 0. The van der Waals surface area contributed by atoms with Gasteiger partial charge in [-0.15, -0.1) is 0 Å². The number of halogens is 2. The fourth-order valence-corrected chi connectivity index (χ4v) is 6.02. The van der Waals surface area contributed by atoms with E-state index in [0.29, 0.717) is 40.2 Å². The quantitative estimate of drug-likeness (QED) is 0.337. The summed E-state index contributed by atoms with van der Waals surface area (Å²) in [6.07, 6.45) is 4.05. The topological polar surface area (TPSA) is 84.7 Å². The number of likely N-dealkylation sites (tertiary alicyclic amines) is 1. The molecule has 0 saturated carbocycles. The van der Waals surface area contributed by atoms with Crippen LogP contribution in [0.1, 0.15) is 67.3 Å². The molecule has 0 bridgehead atoms.